The van der Waals surface area contributed by atoms with E-state index in [2.05, 4.69) is 41.0 Å². The Morgan fingerprint density at radius 2 is 1.81 bits per heavy atom. The molecular formula is C26H27Cl2N7O. The Balaban J connectivity index is 1.88. The summed E-state index contributed by atoms with van der Waals surface area (Å²) in [7, 11) is 0. The van der Waals surface area contributed by atoms with Crippen LogP contribution in [0.25, 0.3) is 28.1 Å². The number of aromatic nitrogens is 4. The summed E-state index contributed by atoms with van der Waals surface area (Å²) in [4.78, 5) is 29.7. The van der Waals surface area contributed by atoms with Crippen LogP contribution in [0, 0.1) is 0 Å². The molecule has 1 aliphatic rings. The standard InChI is InChI=1S/C26H27Cl2N7O/c1-14(2)16-6-4-5-7-20(16)35-25-17(24(33-26(35)36)34-11-10-30-13-15(34)3)12-19(28)23(32-25)22-18(27)8-9-21(29)31-22/h4-9,12,14-15,30H,10-11,13H2,1-3H3,(H2,29,31). The van der Waals surface area contributed by atoms with E-state index in [4.69, 9.17) is 33.9 Å². The Morgan fingerprint density at radius 1 is 1.06 bits per heavy atom. The molecule has 0 saturated carbocycles. The number of rotatable bonds is 4. The third-order valence-electron chi connectivity index (χ3n) is 6.47. The van der Waals surface area contributed by atoms with E-state index in [9.17, 15) is 4.79 Å². The lowest BCUT2D eigenvalue weighted by atomic mass is 10.0. The summed E-state index contributed by atoms with van der Waals surface area (Å²) in [6.07, 6.45) is 0. The lowest BCUT2D eigenvalue weighted by molar-refractivity contribution is 0.497. The second kappa shape index (κ2) is 9.69. The summed E-state index contributed by atoms with van der Waals surface area (Å²) in [5, 5.41) is 4.76. The van der Waals surface area contributed by atoms with E-state index in [0.29, 0.717) is 50.6 Å². The quantitative estimate of drug-likeness (QED) is 0.401. The fourth-order valence-electron chi connectivity index (χ4n) is 4.67. The molecule has 4 heterocycles. The van der Waals surface area contributed by atoms with Crippen LogP contribution in [0.4, 0.5) is 11.6 Å². The number of benzene rings is 1. The number of nitrogens with one attached hydrogen (secondary N) is 1. The molecule has 1 atom stereocenters. The molecule has 36 heavy (non-hydrogen) atoms. The van der Waals surface area contributed by atoms with Gasteiger partial charge in [0.1, 0.15) is 23.0 Å². The van der Waals surface area contributed by atoms with Gasteiger partial charge in [0.15, 0.2) is 5.65 Å². The first-order valence-corrected chi connectivity index (χ1v) is 12.6. The number of hydrogen-bond donors (Lipinski definition) is 2. The molecular weight excluding hydrogens is 497 g/mol. The topological polar surface area (TPSA) is 102 Å². The molecule has 1 fully saturated rings. The molecule has 0 aliphatic carbocycles. The van der Waals surface area contributed by atoms with Gasteiger partial charge in [-0.1, -0.05) is 55.2 Å². The highest BCUT2D eigenvalue weighted by Crippen LogP contribution is 2.36. The maximum absolute atomic E-state index is 13.7. The van der Waals surface area contributed by atoms with Gasteiger partial charge in [0, 0.05) is 25.7 Å². The first-order chi connectivity index (χ1) is 17.3. The van der Waals surface area contributed by atoms with Crippen molar-refractivity contribution < 1.29 is 0 Å². The van der Waals surface area contributed by atoms with Gasteiger partial charge in [-0.15, -0.1) is 0 Å². The zero-order chi connectivity index (χ0) is 25.6. The number of fused-ring (bicyclic) bond motifs is 1. The highest BCUT2D eigenvalue weighted by Gasteiger charge is 2.26. The SMILES string of the molecule is CC(C)c1ccccc1-n1c(=O)nc(N2CCNCC2C)c2cc(Cl)c(-c3nc(N)ccc3Cl)nc21. The Labute approximate surface area is 219 Å². The van der Waals surface area contributed by atoms with Crippen molar-refractivity contribution in [2.45, 2.75) is 32.7 Å². The Kier molecular flexibility index (Phi) is 6.59. The number of nitrogen functional groups attached to an aromatic ring is 1. The van der Waals surface area contributed by atoms with E-state index >= 15 is 0 Å². The van der Waals surface area contributed by atoms with E-state index < -0.39 is 5.69 Å². The number of hydrogen-bond acceptors (Lipinski definition) is 7. The first-order valence-electron chi connectivity index (χ1n) is 11.9. The fourth-order valence-corrected chi connectivity index (χ4v) is 5.10. The van der Waals surface area contributed by atoms with Gasteiger partial charge >= 0.3 is 5.69 Å². The van der Waals surface area contributed by atoms with Gasteiger partial charge in [-0.3, -0.25) is 0 Å². The van der Waals surface area contributed by atoms with Gasteiger partial charge < -0.3 is 16.0 Å². The van der Waals surface area contributed by atoms with Crippen LogP contribution >= 0.6 is 23.2 Å². The van der Waals surface area contributed by atoms with E-state index in [1.807, 2.05) is 24.3 Å². The Morgan fingerprint density at radius 3 is 2.56 bits per heavy atom. The smallest absolute Gasteiger partial charge is 0.355 e. The second-order valence-electron chi connectivity index (χ2n) is 9.27. The third-order valence-corrected chi connectivity index (χ3v) is 7.06. The minimum atomic E-state index is -0.413. The van der Waals surface area contributed by atoms with Crippen LogP contribution in [-0.4, -0.2) is 45.2 Å². The van der Waals surface area contributed by atoms with Crippen LogP contribution in [-0.2, 0) is 0 Å². The van der Waals surface area contributed by atoms with Gasteiger partial charge in [0.2, 0.25) is 0 Å². The van der Waals surface area contributed by atoms with E-state index in [1.165, 1.54) is 0 Å². The molecule has 1 unspecified atom stereocenters. The largest absolute Gasteiger partial charge is 0.384 e. The average molecular weight is 524 g/mol. The van der Waals surface area contributed by atoms with Gasteiger partial charge in [-0.25, -0.2) is 19.3 Å². The lowest BCUT2D eigenvalue weighted by Crippen LogP contribution is -2.50. The Bertz CT molecular complexity index is 1520. The molecule has 1 saturated heterocycles. The summed E-state index contributed by atoms with van der Waals surface area (Å²) >= 11 is 13.2. The maximum Gasteiger partial charge on any atom is 0.355 e. The van der Waals surface area contributed by atoms with E-state index in [1.54, 1.807) is 22.8 Å². The molecule has 3 N–H and O–H groups in total. The van der Waals surface area contributed by atoms with Crippen LogP contribution in [0.5, 0.6) is 0 Å². The number of anilines is 2. The van der Waals surface area contributed by atoms with Crippen LogP contribution < -0.4 is 21.6 Å². The molecule has 10 heteroatoms. The maximum atomic E-state index is 13.7. The molecule has 0 bridgehead atoms. The van der Waals surface area contributed by atoms with Crippen molar-refractivity contribution in [3.8, 4) is 17.1 Å². The summed E-state index contributed by atoms with van der Waals surface area (Å²) in [6.45, 7) is 8.54. The van der Waals surface area contributed by atoms with Crippen molar-refractivity contribution in [1.29, 1.82) is 0 Å². The van der Waals surface area contributed by atoms with Crippen molar-refractivity contribution in [1.82, 2.24) is 24.8 Å². The molecule has 0 radical (unpaired) electrons. The normalized spacial score (nSPS) is 16.2. The number of piperazine rings is 1. The summed E-state index contributed by atoms with van der Waals surface area (Å²) in [5.74, 6) is 1.03. The number of halogens is 2. The molecule has 0 spiro atoms. The van der Waals surface area contributed by atoms with Crippen LogP contribution in [0.3, 0.4) is 0 Å². The minimum Gasteiger partial charge on any atom is -0.384 e. The van der Waals surface area contributed by atoms with Gasteiger partial charge in [0.25, 0.3) is 0 Å². The van der Waals surface area contributed by atoms with Crippen LogP contribution in [0.2, 0.25) is 10.0 Å². The molecule has 1 aliphatic heterocycles. The highest BCUT2D eigenvalue weighted by molar-refractivity contribution is 6.36. The number of para-hydroxylation sites is 1. The van der Waals surface area contributed by atoms with Gasteiger partial charge in [0.05, 0.1) is 21.1 Å². The summed E-state index contributed by atoms with van der Waals surface area (Å²) < 4.78 is 1.56. The number of nitrogens with two attached hydrogens (primary N) is 1. The van der Waals surface area contributed by atoms with E-state index in [0.717, 1.165) is 24.3 Å². The number of pyridine rings is 2. The fraction of sp³-hybridized carbons (Fsp3) is 0.308. The molecule has 8 nitrogen and oxygen atoms in total. The average Bonchev–Trinajstić information content (AvgIpc) is 2.85. The van der Waals surface area contributed by atoms with Gasteiger partial charge in [-0.05, 0) is 42.7 Å². The van der Waals surface area contributed by atoms with Crippen molar-refractivity contribution in [3.63, 3.8) is 0 Å². The second-order valence-corrected chi connectivity index (χ2v) is 10.1. The van der Waals surface area contributed by atoms with Crippen molar-refractivity contribution in [2.24, 2.45) is 0 Å². The molecule has 1 aromatic carbocycles. The molecule has 3 aromatic heterocycles. The predicted molar refractivity (Wildman–Crippen MR) is 147 cm³/mol. The zero-order valence-corrected chi connectivity index (χ0v) is 21.8. The molecule has 0 amide bonds. The van der Waals surface area contributed by atoms with Crippen LogP contribution in [0.15, 0.2) is 47.3 Å². The van der Waals surface area contributed by atoms with E-state index in [-0.39, 0.29) is 12.0 Å². The number of nitrogens with zero attached hydrogens (tertiary/aromatic N) is 5. The predicted octanol–water partition coefficient (Wildman–Crippen LogP) is 4.65. The lowest BCUT2D eigenvalue weighted by Gasteiger charge is -2.35. The zero-order valence-electron chi connectivity index (χ0n) is 20.3. The summed E-state index contributed by atoms with van der Waals surface area (Å²) in [6, 6.07) is 13.0. The molecule has 186 valence electrons. The van der Waals surface area contributed by atoms with Crippen molar-refractivity contribution in [2.75, 3.05) is 30.3 Å². The van der Waals surface area contributed by atoms with Gasteiger partial charge in [-0.2, -0.15) is 4.98 Å². The van der Waals surface area contributed by atoms with Crippen LogP contribution in [0.1, 0.15) is 32.3 Å². The van der Waals surface area contributed by atoms with Crippen molar-refractivity contribution >= 4 is 45.9 Å². The van der Waals surface area contributed by atoms with Crippen molar-refractivity contribution in [3.05, 3.63) is 68.6 Å². The first kappa shape index (κ1) is 24.5. The highest BCUT2D eigenvalue weighted by atomic mass is 35.5. The minimum absolute atomic E-state index is 0.135. The molecule has 4 aromatic rings. The molecule has 5 rings (SSSR count). The third kappa shape index (κ3) is 4.30. The Hall–Kier alpha value is -3.20. The monoisotopic (exact) mass is 523 g/mol. The summed E-state index contributed by atoms with van der Waals surface area (Å²) in [5.41, 5.74) is 8.40.